The van der Waals surface area contributed by atoms with Crippen molar-refractivity contribution in [1.29, 1.82) is 0 Å². The van der Waals surface area contributed by atoms with Crippen LogP contribution in [0.5, 0.6) is 0 Å². The molecule has 0 radical (unpaired) electrons. The first-order valence-electron chi connectivity index (χ1n) is 7.74. The molecule has 0 atom stereocenters. The molecule has 0 bridgehead atoms. The van der Waals surface area contributed by atoms with E-state index in [1.165, 1.54) is 0 Å². The molecule has 3 rings (SSSR count). The third-order valence-electron chi connectivity index (χ3n) is 3.81. The SMILES string of the molecule is CCCSc1nc(Cl)c2c(n1)N(Cc1ccc(C)c(Cl)c1)C(=O)C2. The van der Waals surface area contributed by atoms with E-state index in [9.17, 15) is 4.79 Å². The fourth-order valence-corrected chi connectivity index (χ4v) is 3.68. The van der Waals surface area contributed by atoms with Crippen LogP contribution in [0.4, 0.5) is 5.82 Å². The largest absolute Gasteiger partial charge is 0.292 e. The molecule has 24 heavy (non-hydrogen) atoms. The van der Waals surface area contributed by atoms with E-state index in [1.54, 1.807) is 16.7 Å². The minimum absolute atomic E-state index is 0.0180. The molecule has 0 fully saturated rings. The van der Waals surface area contributed by atoms with Gasteiger partial charge in [0.1, 0.15) is 11.0 Å². The van der Waals surface area contributed by atoms with Crippen molar-refractivity contribution in [2.24, 2.45) is 0 Å². The Bertz CT molecular complexity index is 798. The zero-order chi connectivity index (χ0) is 17.3. The molecule has 1 aliphatic heterocycles. The number of benzene rings is 1. The van der Waals surface area contributed by atoms with E-state index in [1.807, 2.05) is 25.1 Å². The van der Waals surface area contributed by atoms with E-state index in [-0.39, 0.29) is 12.3 Å². The average molecular weight is 382 g/mol. The summed E-state index contributed by atoms with van der Waals surface area (Å²) in [7, 11) is 0. The zero-order valence-electron chi connectivity index (χ0n) is 13.5. The lowest BCUT2D eigenvalue weighted by Gasteiger charge is -2.17. The summed E-state index contributed by atoms with van der Waals surface area (Å²) in [5, 5.41) is 1.68. The number of rotatable bonds is 5. The van der Waals surface area contributed by atoms with Gasteiger partial charge in [-0.3, -0.25) is 9.69 Å². The molecule has 0 aliphatic carbocycles. The van der Waals surface area contributed by atoms with Gasteiger partial charge in [0.2, 0.25) is 5.91 Å². The van der Waals surface area contributed by atoms with Gasteiger partial charge in [-0.05, 0) is 30.5 Å². The van der Waals surface area contributed by atoms with Crippen molar-refractivity contribution in [2.75, 3.05) is 10.7 Å². The van der Waals surface area contributed by atoms with E-state index in [2.05, 4.69) is 16.9 Å². The standard InChI is InChI=1S/C17H17Cl2N3OS/c1-3-6-24-17-20-15(19)12-8-14(23)22(16(12)21-17)9-11-5-4-10(2)13(18)7-11/h4-5,7H,3,6,8-9H2,1-2H3. The lowest BCUT2D eigenvalue weighted by atomic mass is 10.1. The van der Waals surface area contributed by atoms with Crippen LogP contribution < -0.4 is 4.90 Å². The molecule has 7 heteroatoms. The Morgan fingerprint density at radius 3 is 2.79 bits per heavy atom. The highest BCUT2D eigenvalue weighted by atomic mass is 35.5. The van der Waals surface area contributed by atoms with Crippen molar-refractivity contribution in [1.82, 2.24) is 9.97 Å². The van der Waals surface area contributed by atoms with Crippen LogP contribution in [-0.4, -0.2) is 21.6 Å². The minimum Gasteiger partial charge on any atom is -0.292 e. The Hall–Kier alpha value is -1.30. The van der Waals surface area contributed by atoms with Crippen LogP contribution in [0.2, 0.25) is 10.2 Å². The minimum atomic E-state index is -0.0180. The van der Waals surface area contributed by atoms with Crippen LogP contribution in [0, 0.1) is 6.92 Å². The van der Waals surface area contributed by atoms with Crippen LogP contribution in [0.15, 0.2) is 23.4 Å². The molecule has 1 amide bonds. The lowest BCUT2D eigenvalue weighted by molar-refractivity contribution is -0.117. The number of amides is 1. The maximum absolute atomic E-state index is 12.4. The van der Waals surface area contributed by atoms with Gasteiger partial charge in [0.25, 0.3) is 0 Å². The Morgan fingerprint density at radius 1 is 1.29 bits per heavy atom. The molecule has 1 aromatic carbocycles. The van der Waals surface area contributed by atoms with Crippen LogP contribution in [0.25, 0.3) is 0 Å². The van der Waals surface area contributed by atoms with Crippen LogP contribution >= 0.6 is 35.0 Å². The number of carbonyl (C=O) groups is 1. The fraction of sp³-hybridized carbons (Fsp3) is 0.353. The van der Waals surface area contributed by atoms with Crippen molar-refractivity contribution >= 4 is 46.7 Å². The first-order valence-corrected chi connectivity index (χ1v) is 9.48. The number of nitrogens with zero attached hydrogens (tertiary/aromatic N) is 3. The normalized spacial score (nSPS) is 13.5. The van der Waals surface area contributed by atoms with E-state index in [0.29, 0.717) is 33.3 Å². The second kappa shape index (κ2) is 7.30. The molecule has 2 heterocycles. The molecule has 1 aromatic heterocycles. The number of hydrogen-bond donors (Lipinski definition) is 0. The zero-order valence-corrected chi connectivity index (χ0v) is 15.8. The van der Waals surface area contributed by atoms with Gasteiger partial charge in [-0.15, -0.1) is 0 Å². The molecule has 0 saturated carbocycles. The molecular formula is C17H17Cl2N3OS. The highest BCUT2D eigenvalue weighted by molar-refractivity contribution is 7.99. The maximum Gasteiger partial charge on any atom is 0.233 e. The van der Waals surface area contributed by atoms with E-state index < -0.39 is 0 Å². The third kappa shape index (κ3) is 3.53. The summed E-state index contributed by atoms with van der Waals surface area (Å²) >= 11 is 14.0. The second-order valence-corrected chi connectivity index (χ2v) is 7.52. The van der Waals surface area contributed by atoms with Crippen molar-refractivity contribution < 1.29 is 4.79 Å². The van der Waals surface area contributed by atoms with Crippen molar-refractivity contribution in [3.63, 3.8) is 0 Å². The van der Waals surface area contributed by atoms with E-state index >= 15 is 0 Å². The summed E-state index contributed by atoms with van der Waals surface area (Å²) in [4.78, 5) is 23.0. The maximum atomic E-state index is 12.4. The number of fused-ring (bicyclic) bond motifs is 1. The topological polar surface area (TPSA) is 46.1 Å². The molecule has 0 saturated heterocycles. The average Bonchev–Trinajstić information content (AvgIpc) is 2.86. The van der Waals surface area contributed by atoms with Crippen molar-refractivity contribution in [2.45, 2.75) is 38.4 Å². The number of thioether (sulfide) groups is 1. The lowest BCUT2D eigenvalue weighted by Crippen LogP contribution is -2.26. The van der Waals surface area contributed by atoms with Gasteiger partial charge < -0.3 is 0 Å². The quantitative estimate of drug-likeness (QED) is 0.428. The van der Waals surface area contributed by atoms with Crippen molar-refractivity contribution in [3.8, 4) is 0 Å². The highest BCUT2D eigenvalue weighted by Gasteiger charge is 2.32. The molecular weight excluding hydrogens is 365 g/mol. The number of aromatic nitrogens is 2. The van der Waals surface area contributed by atoms with Gasteiger partial charge in [-0.2, -0.15) is 0 Å². The number of aryl methyl sites for hydroxylation is 1. The number of carbonyl (C=O) groups excluding carboxylic acids is 1. The van der Waals surface area contributed by atoms with Gasteiger partial charge in [0.15, 0.2) is 5.16 Å². The highest BCUT2D eigenvalue weighted by Crippen LogP contribution is 2.34. The molecule has 126 valence electrons. The Balaban J connectivity index is 1.92. The summed E-state index contributed by atoms with van der Waals surface area (Å²) in [5.74, 6) is 1.52. The van der Waals surface area contributed by atoms with Gasteiger partial charge in [-0.1, -0.05) is 54.0 Å². The summed E-state index contributed by atoms with van der Waals surface area (Å²) in [6, 6.07) is 5.81. The molecule has 2 aromatic rings. The molecule has 0 N–H and O–H groups in total. The first kappa shape index (κ1) is 17.5. The van der Waals surface area contributed by atoms with Crippen molar-refractivity contribution in [3.05, 3.63) is 45.1 Å². The number of halogens is 2. The molecule has 0 spiro atoms. The van der Waals surface area contributed by atoms with Gasteiger partial charge in [-0.25, -0.2) is 9.97 Å². The Labute approximate surface area is 155 Å². The second-order valence-electron chi connectivity index (χ2n) is 5.69. The number of hydrogen-bond acceptors (Lipinski definition) is 4. The summed E-state index contributed by atoms with van der Waals surface area (Å²) in [6.07, 6.45) is 1.26. The van der Waals surface area contributed by atoms with Gasteiger partial charge >= 0.3 is 0 Å². The summed E-state index contributed by atoms with van der Waals surface area (Å²) in [6.45, 7) is 4.47. The van der Waals surface area contributed by atoms with Crippen LogP contribution in [-0.2, 0) is 17.8 Å². The molecule has 0 unspecified atom stereocenters. The van der Waals surface area contributed by atoms with E-state index in [0.717, 1.165) is 23.3 Å². The predicted molar refractivity (Wildman–Crippen MR) is 99.1 cm³/mol. The Kier molecular flexibility index (Phi) is 5.33. The summed E-state index contributed by atoms with van der Waals surface area (Å²) < 4.78 is 0. The molecule has 4 nitrogen and oxygen atoms in total. The first-order chi connectivity index (χ1) is 11.5. The van der Waals surface area contributed by atoms with E-state index in [4.69, 9.17) is 23.2 Å². The third-order valence-corrected chi connectivity index (χ3v) is 5.58. The summed E-state index contributed by atoms with van der Waals surface area (Å²) in [5.41, 5.74) is 2.68. The van der Waals surface area contributed by atoms with Gasteiger partial charge in [0, 0.05) is 16.3 Å². The monoisotopic (exact) mass is 381 g/mol. The smallest absolute Gasteiger partial charge is 0.233 e. The fourth-order valence-electron chi connectivity index (χ4n) is 2.51. The predicted octanol–water partition coefficient (Wildman–Crippen LogP) is 4.68. The number of anilines is 1. The molecule has 1 aliphatic rings. The van der Waals surface area contributed by atoms with Crippen LogP contribution in [0.3, 0.4) is 0 Å². The van der Waals surface area contributed by atoms with Crippen LogP contribution in [0.1, 0.15) is 30.0 Å². The van der Waals surface area contributed by atoms with Gasteiger partial charge in [0.05, 0.1) is 13.0 Å². The Morgan fingerprint density at radius 2 is 2.08 bits per heavy atom.